The quantitative estimate of drug-likeness (QED) is 0.901. The summed E-state index contributed by atoms with van der Waals surface area (Å²) in [6.45, 7) is 9.77. The van der Waals surface area contributed by atoms with Crippen molar-refractivity contribution in [2.45, 2.75) is 13.0 Å². The molecule has 2 aliphatic heterocycles. The fourth-order valence-corrected chi connectivity index (χ4v) is 3.33. The molecule has 0 spiro atoms. The van der Waals surface area contributed by atoms with Crippen molar-refractivity contribution in [3.63, 3.8) is 0 Å². The monoisotopic (exact) mass is 332 g/mol. The molecule has 6 nitrogen and oxygen atoms in total. The SMILES string of the molecule is CC(CN1CCOCC1)NC(=O)N1CCN(c2ccccc2)CC1. The molecular formula is C18H28N4O2. The zero-order chi connectivity index (χ0) is 16.8. The van der Waals surface area contributed by atoms with Crippen molar-refractivity contribution in [2.24, 2.45) is 0 Å². The molecule has 0 saturated carbocycles. The standard InChI is InChI=1S/C18H28N4O2/c1-16(15-20-11-13-24-14-12-20)19-18(23)22-9-7-21(8-10-22)17-5-3-2-4-6-17/h2-6,16H,7-15H2,1H3,(H,19,23). The third-order valence-electron chi connectivity index (χ3n) is 4.69. The number of amides is 2. The summed E-state index contributed by atoms with van der Waals surface area (Å²) < 4.78 is 5.36. The van der Waals surface area contributed by atoms with Gasteiger partial charge in [-0.1, -0.05) is 18.2 Å². The zero-order valence-electron chi connectivity index (χ0n) is 14.5. The minimum absolute atomic E-state index is 0.0588. The number of anilines is 1. The van der Waals surface area contributed by atoms with Crippen LogP contribution in [-0.4, -0.2) is 80.9 Å². The number of urea groups is 1. The molecule has 2 aliphatic rings. The highest BCUT2D eigenvalue weighted by Crippen LogP contribution is 2.15. The van der Waals surface area contributed by atoms with E-state index in [1.165, 1.54) is 5.69 Å². The maximum absolute atomic E-state index is 12.4. The van der Waals surface area contributed by atoms with Crippen molar-refractivity contribution in [3.8, 4) is 0 Å². The van der Waals surface area contributed by atoms with Gasteiger partial charge in [-0.2, -0.15) is 0 Å². The molecule has 132 valence electrons. The number of piperazine rings is 1. The molecule has 0 radical (unpaired) electrons. The van der Waals surface area contributed by atoms with Crippen LogP contribution in [0.3, 0.4) is 0 Å². The predicted molar refractivity (Wildman–Crippen MR) is 95.5 cm³/mol. The first-order chi connectivity index (χ1) is 11.7. The Hall–Kier alpha value is -1.79. The van der Waals surface area contributed by atoms with Crippen molar-refractivity contribution in [1.82, 2.24) is 15.1 Å². The number of hydrogen-bond donors (Lipinski definition) is 1. The Morgan fingerprint density at radius 3 is 2.42 bits per heavy atom. The molecule has 0 aromatic heterocycles. The molecule has 1 aromatic carbocycles. The third kappa shape index (κ3) is 4.61. The molecule has 0 bridgehead atoms. The third-order valence-corrected chi connectivity index (χ3v) is 4.69. The van der Waals surface area contributed by atoms with Gasteiger partial charge in [-0.05, 0) is 19.1 Å². The molecule has 2 amide bonds. The Morgan fingerprint density at radius 1 is 1.08 bits per heavy atom. The molecule has 1 aromatic rings. The van der Waals surface area contributed by atoms with Crippen LogP contribution in [-0.2, 0) is 4.74 Å². The van der Waals surface area contributed by atoms with Gasteiger partial charge in [0.2, 0.25) is 0 Å². The van der Waals surface area contributed by atoms with Gasteiger partial charge in [0.05, 0.1) is 13.2 Å². The lowest BCUT2D eigenvalue weighted by molar-refractivity contribution is 0.0346. The summed E-state index contributed by atoms with van der Waals surface area (Å²) in [5.41, 5.74) is 1.23. The highest BCUT2D eigenvalue weighted by atomic mass is 16.5. The number of hydrogen-bond acceptors (Lipinski definition) is 4. The van der Waals surface area contributed by atoms with E-state index in [9.17, 15) is 4.79 Å². The minimum Gasteiger partial charge on any atom is -0.379 e. The average molecular weight is 332 g/mol. The van der Waals surface area contributed by atoms with Gasteiger partial charge < -0.3 is 19.9 Å². The van der Waals surface area contributed by atoms with Crippen molar-refractivity contribution in [3.05, 3.63) is 30.3 Å². The van der Waals surface area contributed by atoms with Crippen molar-refractivity contribution < 1.29 is 9.53 Å². The number of nitrogens with one attached hydrogen (secondary N) is 1. The van der Waals surface area contributed by atoms with Crippen LogP contribution in [0.25, 0.3) is 0 Å². The van der Waals surface area contributed by atoms with Crippen molar-refractivity contribution in [2.75, 3.05) is 63.9 Å². The molecular weight excluding hydrogens is 304 g/mol. The predicted octanol–water partition coefficient (Wildman–Crippen LogP) is 1.24. The number of carbonyl (C=O) groups excluding carboxylic acids is 1. The van der Waals surface area contributed by atoms with Crippen LogP contribution >= 0.6 is 0 Å². The van der Waals surface area contributed by atoms with Gasteiger partial charge in [-0.3, -0.25) is 4.90 Å². The van der Waals surface area contributed by atoms with Gasteiger partial charge in [0.25, 0.3) is 0 Å². The van der Waals surface area contributed by atoms with Gasteiger partial charge in [0.1, 0.15) is 0 Å². The molecule has 2 saturated heterocycles. The van der Waals surface area contributed by atoms with Crippen LogP contribution in [0.2, 0.25) is 0 Å². The maximum atomic E-state index is 12.4. The highest BCUT2D eigenvalue weighted by molar-refractivity contribution is 5.75. The van der Waals surface area contributed by atoms with E-state index in [1.807, 2.05) is 11.0 Å². The number of nitrogens with zero attached hydrogens (tertiary/aromatic N) is 3. The Labute approximate surface area is 144 Å². The summed E-state index contributed by atoms with van der Waals surface area (Å²) in [6, 6.07) is 10.6. The number of carbonyl (C=O) groups is 1. The number of benzene rings is 1. The molecule has 1 N–H and O–H groups in total. The van der Waals surface area contributed by atoms with Crippen molar-refractivity contribution in [1.29, 1.82) is 0 Å². The fourth-order valence-electron chi connectivity index (χ4n) is 3.33. The van der Waals surface area contributed by atoms with Crippen LogP contribution in [0.1, 0.15) is 6.92 Å². The molecule has 2 heterocycles. The van der Waals surface area contributed by atoms with Gasteiger partial charge in [-0.25, -0.2) is 4.79 Å². The minimum atomic E-state index is 0.0588. The number of ether oxygens (including phenoxy) is 1. The van der Waals surface area contributed by atoms with E-state index in [-0.39, 0.29) is 12.1 Å². The van der Waals surface area contributed by atoms with Gasteiger partial charge in [0, 0.05) is 57.5 Å². The lowest BCUT2D eigenvalue weighted by atomic mass is 10.2. The van der Waals surface area contributed by atoms with E-state index < -0.39 is 0 Å². The Kier molecular flexibility index (Phi) is 5.93. The largest absolute Gasteiger partial charge is 0.379 e. The van der Waals surface area contributed by atoms with E-state index in [2.05, 4.69) is 46.3 Å². The molecule has 2 fully saturated rings. The molecule has 1 atom stereocenters. The summed E-state index contributed by atoms with van der Waals surface area (Å²) in [5, 5.41) is 3.14. The van der Waals surface area contributed by atoms with Crippen LogP contribution in [0.15, 0.2) is 30.3 Å². The normalized spacial score (nSPS) is 20.7. The van der Waals surface area contributed by atoms with Gasteiger partial charge >= 0.3 is 6.03 Å². The summed E-state index contributed by atoms with van der Waals surface area (Å²) >= 11 is 0. The van der Waals surface area contributed by atoms with Crippen molar-refractivity contribution >= 4 is 11.7 Å². The van der Waals surface area contributed by atoms with E-state index in [0.717, 1.165) is 59.0 Å². The maximum Gasteiger partial charge on any atom is 0.317 e. The summed E-state index contributed by atoms with van der Waals surface area (Å²) in [7, 11) is 0. The lowest BCUT2D eigenvalue weighted by Gasteiger charge is -2.37. The Bertz CT molecular complexity index is 511. The van der Waals surface area contributed by atoms with Gasteiger partial charge in [0.15, 0.2) is 0 Å². The smallest absolute Gasteiger partial charge is 0.317 e. The van der Waals surface area contributed by atoms with Crippen LogP contribution in [0, 0.1) is 0 Å². The number of para-hydroxylation sites is 1. The van der Waals surface area contributed by atoms with Crippen LogP contribution < -0.4 is 10.2 Å². The Balaban J connectivity index is 1.41. The molecule has 1 unspecified atom stereocenters. The molecule has 6 heteroatoms. The topological polar surface area (TPSA) is 48.1 Å². The molecule has 24 heavy (non-hydrogen) atoms. The van der Waals surface area contributed by atoms with Crippen LogP contribution in [0.5, 0.6) is 0 Å². The summed E-state index contributed by atoms with van der Waals surface area (Å²) in [4.78, 5) is 19.1. The fraction of sp³-hybridized carbons (Fsp3) is 0.611. The van der Waals surface area contributed by atoms with Gasteiger partial charge in [-0.15, -0.1) is 0 Å². The van der Waals surface area contributed by atoms with E-state index in [1.54, 1.807) is 0 Å². The number of morpholine rings is 1. The number of rotatable bonds is 4. The average Bonchev–Trinajstić information content (AvgIpc) is 2.63. The molecule has 3 rings (SSSR count). The van der Waals surface area contributed by atoms with E-state index in [4.69, 9.17) is 4.74 Å². The second-order valence-corrected chi connectivity index (χ2v) is 6.57. The first-order valence-electron chi connectivity index (χ1n) is 8.88. The summed E-state index contributed by atoms with van der Waals surface area (Å²) in [6.07, 6.45) is 0. The first-order valence-corrected chi connectivity index (χ1v) is 8.88. The van der Waals surface area contributed by atoms with E-state index in [0.29, 0.717) is 0 Å². The second-order valence-electron chi connectivity index (χ2n) is 6.57. The summed E-state index contributed by atoms with van der Waals surface area (Å²) in [5.74, 6) is 0. The Morgan fingerprint density at radius 2 is 1.75 bits per heavy atom. The van der Waals surface area contributed by atoms with E-state index >= 15 is 0 Å². The second kappa shape index (κ2) is 8.35. The molecule has 0 aliphatic carbocycles. The van der Waals surface area contributed by atoms with Crippen LogP contribution in [0.4, 0.5) is 10.5 Å². The first kappa shape index (κ1) is 17.0. The zero-order valence-corrected chi connectivity index (χ0v) is 14.5. The highest BCUT2D eigenvalue weighted by Gasteiger charge is 2.23. The lowest BCUT2D eigenvalue weighted by Crippen LogP contribution is -2.55.